The highest BCUT2D eigenvalue weighted by molar-refractivity contribution is 7.92. The molecule has 0 atom stereocenters. The molecule has 1 heterocycles. The number of carbonyl (C=O) groups is 3. The van der Waals surface area contributed by atoms with Crippen LogP contribution in [0.3, 0.4) is 0 Å². The Hall–Kier alpha value is -3.26. The number of nitrogens with two attached hydrogens (primary N) is 1. The molecule has 14 heteroatoms. The molecule has 0 aliphatic heterocycles. The zero-order chi connectivity index (χ0) is 21.8. The number of nitrogens with one attached hydrogen (secondary N) is 2. The van der Waals surface area contributed by atoms with E-state index in [2.05, 4.69) is 20.8 Å². The van der Waals surface area contributed by atoms with E-state index in [0.29, 0.717) is 11.3 Å². The monoisotopic (exact) mass is 443 g/mol. The quantitative estimate of drug-likeness (QED) is 0.324. The fraction of sp³-hybridized carbons (Fsp3) is 0.267. The molecule has 2 aromatic rings. The normalized spacial score (nSPS) is 11.0. The lowest BCUT2D eigenvalue weighted by molar-refractivity contribution is -0.121. The number of benzene rings is 1. The van der Waals surface area contributed by atoms with E-state index in [1.54, 1.807) is 0 Å². The molecule has 0 aliphatic carbocycles. The number of rotatable bonds is 8. The summed E-state index contributed by atoms with van der Waals surface area (Å²) < 4.78 is 27.4. The van der Waals surface area contributed by atoms with Crippen LogP contribution >= 0.6 is 11.3 Å². The second-order valence-electron chi connectivity index (χ2n) is 5.64. The number of primary amides is 1. The first-order valence-electron chi connectivity index (χ1n) is 7.86. The molecule has 0 saturated heterocycles. The number of ether oxygens (including phenoxy) is 1. The smallest absolute Gasteiger partial charge is 0.256 e. The molecule has 29 heavy (non-hydrogen) atoms. The van der Waals surface area contributed by atoms with Gasteiger partial charge < -0.3 is 26.2 Å². The average Bonchev–Trinajstić information content (AvgIpc) is 3.10. The van der Waals surface area contributed by atoms with Gasteiger partial charge in [-0.2, -0.15) is 0 Å². The third-order valence-corrected chi connectivity index (χ3v) is 5.94. The summed E-state index contributed by atoms with van der Waals surface area (Å²) in [7, 11) is -2.25. The van der Waals surface area contributed by atoms with Crippen molar-refractivity contribution in [1.29, 1.82) is 0 Å². The van der Waals surface area contributed by atoms with Crippen molar-refractivity contribution in [2.45, 2.75) is 17.2 Å². The van der Waals surface area contributed by atoms with Crippen LogP contribution in [0.4, 0.5) is 10.8 Å². The Kier molecular flexibility index (Phi) is 6.71. The van der Waals surface area contributed by atoms with Crippen LogP contribution in [0.15, 0.2) is 16.5 Å². The summed E-state index contributed by atoms with van der Waals surface area (Å²) in [4.78, 5) is 35.4. The number of aromatic hydroxyl groups is 1. The largest absolute Gasteiger partial charge is 0.505 e. The molecule has 0 radical (unpaired) electrons. The van der Waals surface area contributed by atoms with Gasteiger partial charge in [-0.05, 0) is 12.1 Å². The van der Waals surface area contributed by atoms with E-state index < -0.39 is 33.3 Å². The van der Waals surface area contributed by atoms with E-state index in [1.165, 1.54) is 19.2 Å². The summed E-state index contributed by atoms with van der Waals surface area (Å²) in [5.41, 5.74) is 4.83. The van der Waals surface area contributed by atoms with Gasteiger partial charge in [-0.3, -0.25) is 14.4 Å². The summed E-state index contributed by atoms with van der Waals surface area (Å²) >= 11 is 0.683. The summed E-state index contributed by atoms with van der Waals surface area (Å²) in [6.07, 6.45) is 0.446. The molecule has 0 fully saturated rings. The molecule has 2 rings (SSSR count). The Labute approximate surface area is 169 Å². The highest BCUT2D eigenvalue weighted by Crippen LogP contribution is 2.34. The topological polar surface area (TPSA) is 191 Å². The zero-order valence-corrected chi connectivity index (χ0v) is 16.9. The minimum atomic E-state index is -3.53. The van der Waals surface area contributed by atoms with E-state index in [0.717, 1.165) is 6.26 Å². The molecule has 0 saturated carbocycles. The molecule has 0 unspecified atom stereocenters. The number of anilines is 2. The zero-order valence-electron chi connectivity index (χ0n) is 15.3. The van der Waals surface area contributed by atoms with Crippen LogP contribution in [0.2, 0.25) is 0 Å². The molecule has 1 aromatic carbocycles. The van der Waals surface area contributed by atoms with Gasteiger partial charge in [-0.1, -0.05) is 11.3 Å². The first-order valence-corrected chi connectivity index (χ1v) is 10.6. The van der Waals surface area contributed by atoms with Gasteiger partial charge in [0.15, 0.2) is 5.75 Å². The van der Waals surface area contributed by atoms with Crippen molar-refractivity contribution in [2.75, 3.05) is 24.0 Å². The van der Waals surface area contributed by atoms with Crippen LogP contribution < -0.4 is 21.1 Å². The van der Waals surface area contributed by atoms with Crippen molar-refractivity contribution in [2.24, 2.45) is 5.73 Å². The van der Waals surface area contributed by atoms with Crippen LogP contribution in [0.5, 0.6) is 11.5 Å². The Morgan fingerprint density at radius 3 is 2.31 bits per heavy atom. The summed E-state index contributed by atoms with van der Waals surface area (Å²) in [6, 6.07) is 2.66. The maximum Gasteiger partial charge on any atom is 0.256 e. The van der Waals surface area contributed by atoms with Gasteiger partial charge >= 0.3 is 0 Å². The van der Waals surface area contributed by atoms with E-state index in [9.17, 15) is 27.9 Å². The lowest BCUT2D eigenvalue weighted by Crippen LogP contribution is -2.18. The molecule has 156 valence electrons. The van der Waals surface area contributed by atoms with Crippen LogP contribution in [0.1, 0.15) is 23.2 Å². The predicted molar refractivity (Wildman–Crippen MR) is 103 cm³/mol. The van der Waals surface area contributed by atoms with Crippen LogP contribution in [0, 0.1) is 0 Å². The second-order valence-corrected chi connectivity index (χ2v) is 8.81. The van der Waals surface area contributed by atoms with E-state index in [-0.39, 0.29) is 39.3 Å². The summed E-state index contributed by atoms with van der Waals surface area (Å²) in [5, 5.41) is 21.8. The second kappa shape index (κ2) is 8.83. The summed E-state index contributed by atoms with van der Waals surface area (Å²) in [6.45, 7) is 0. The molecule has 3 amide bonds. The van der Waals surface area contributed by atoms with Gasteiger partial charge in [0.1, 0.15) is 11.3 Å². The van der Waals surface area contributed by atoms with Crippen LogP contribution in [-0.2, 0) is 19.4 Å². The highest BCUT2D eigenvalue weighted by atomic mass is 32.2. The minimum absolute atomic E-state index is 0.0188. The van der Waals surface area contributed by atoms with Crippen LogP contribution in [-0.4, -0.2) is 54.8 Å². The number of nitrogens with zero attached hydrogens (tertiary/aromatic N) is 2. The van der Waals surface area contributed by atoms with Crippen molar-refractivity contribution in [3.05, 3.63) is 17.7 Å². The summed E-state index contributed by atoms with van der Waals surface area (Å²) in [5.74, 6) is -2.67. The fourth-order valence-corrected chi connectivity index (χ4v) is 3.64. The van der Waals surface area contributed by atoms with Gasteiger partial charge in [0.25, 0.3) is 5.91 Å². The maximum absolute atomic E-state index is 12.0. The molecule has 0 aliphatic rings. The Morgan fingerprint density at radius 1 is 1.17 bits per heavy atom. The third kappa shape index (κ3) is 5.61. The number of aromatic nitrogens is 2. The third-order valence-electron chi connectivity index (χ3n) is 3.43. The Morgan fingerprint density at radius 2 is 1.79 bits per heavy atom. The number of amides is 3. The van der Waals surface area contributed by atoms with Crippen molar-refractivity contribution >= 4 is 49.7 Å². The van der Waals surface area contributed by atoms with E-state index in [4.69, 9.17) is 10.5 Å². The number of methoxy groups -OCH3 is 1. The molecule has 5 N–H and O–H groups in total. The Balaban J connectivity index is 1.96. The SMILES string of the molecule is COc1ccc(NC(=O)CCC(=O)Nc2nnc(S(C)(=O)=O)s2)c(O)c1C(N)=O. The predicted octanol–water partition coefficient (Wildman–Crippen LogP) is 0.112. The van der Waals surface area contributed by atoms with Gasteiger partial charge in [0, 0.05) is 19.1 Å². The number of hydrogen-bond acceptors (Lipinski definition) is 10. The number of carbonyl (C=O) groups excluding carboxylic acids is 3. The molecule has 1 aromatic heterocycles. The first-order chi connectivity index (χ1) is 13.5. The van der Waals surface area contributed by atoms with Crippen LogP contribution in [0.25, 0.3) is 0 Å². The van der Waals surface area contributed by atoms with Gasteiger partial charge in [-0.25, -0.2) is 8.42 Å². The van der Waals surface area contributed by atoms with Crippen molar-refractivity contribution in [3.63, 3.8) is 0 Å². The molecular formula is C15H17N5O7S2. The standard InChI is InChI=1S/C15H17N5O7S2/c1-27-8-4-3-7(12(23)11(8)13(16)24)17-9(21)5-6-10(22)18-14-19-20-15(28-14)29(2,25)26/h3-4,23H,5-6H2,1-2H3,(H2,16,24)(H,17,21)(H,18,19,22). The van der Waals surface area contributed by atoms with Crippen molar-refractivity contribution in [3.8, 4) is 11.5 Å². The number of hydrogen-bond donors (Lipinski definition) is 4. The lowest BCUT2D eigenvalue weighted by atomic mass is 10.1. The molecule has 0 spiro atoms. The van der Waals surface area contributed by atoms with Gasteiger partial charge in [0.05, 0.1) is 12.8 Å². The van der Waals surface area contributed by atoms with E-state index >= 15 is 0 Å². The lowest BCUT2D eigenvalue weighted by Gasteiger charge is -2.12. The molecular weight excluding hydrogens is 426 g/mol. The molecule has 0 bridgehead atoms. The first kappa shape index (κ1) is 22.0. The maximum atomic E-state index is 12.0. The van der Waals surface area contributed by atoms with Gasteiger partial charge in [-0.15, -0.1) is 10.2 Å². The number of sulfone groups is 1. The molecule has 12 nitrogen and oxygen atoms in total. The number of phenols is 1. The van der Waals surface area contributed by atoms with Gasteiger partial charge in [0.2, 0.25) is 31.1 Å². The Bertz CT molecular complexity index is 1070. The van der Waals surface area contributed by atoms with Crippen molar-refractivity contribution < 1.29 is 32.6 Å². The fourth-order valence-electron chi connectivity index (χ4n) is 2.11. The van der Waals surface area contributed by atoms with Crippen molar-refractivity contribution in [1.82, 2.24) is 10.2 Å². The highest BCUT2D eigenvalue weighted by Gasteiger charge is 2.20. The minimum Gasteiger partial charge on any atom is -0.505 e. The average molecular weight is 443 g/mol. The van der Waals surface area contributed by atoms with E-state index in [1.807, 2.05) is 0 Å².